The second-order valence-corrected chi connectivity index (χ2v) is 12.3. The van der Waals surface area contributed by atoms with E-state index in [2.05, 4.69) is 9.98 Å². The zero-order chi connectivity index (χ0) is 25.4. The molecule has 0 spiro atoms. The van der Waals surface area contributed by atoms with Crippen molar-refractivity contribution in [2.45, 2.75) is 10.6 Å². The molecule has 0 bridgehead atoms. The minimum Gasteiger partial charge on any atom is -0.476 e. The highest BCUT2D eigenvalue weighted by Gasteiger charge is 2.22. The first kappa shape index (κ1) is 24.6. The third kappa shape index (κ3) is 4.94. The van der Waals surface area contributed by atoms with Gasteiger partial charge in [0.1, 0.15) is 22.9 Å². The molecule has 184 valence electrons. The first-order valence-corrected chi connectivity index (χ1v) is 13.9. The first-order valence-electron chi connectivity index (χ1n) is 10.7. The molecule has 3 heterocycles. The second kappa shape index (κ2) is 9.78. The second-order valence-electron chi connectivity index (χ2n) is 8.01. The van der Waals surface area contributed by atoms with Crippen LogP contribution in [-0.4, -0.2) is 48.6 Å². The minimum atomic E-state index is -3.77. The molecule has 0 saturated carbocycles. The predicted octanol–water partition coefficient (Wildman–Crippen LogP) is 4.12. The van der Waals surface area contributed by atoms with Gasteiger partial charge in [-0.25, -0.2) is 18.4 Å². The largest absolute Gasteiger partial charge is 0.476 e. The number of aromatic nitrogens is 2. The summed E-state index contributed by atoms with van der Waals surface area (Å²) in [5, 5.41) is 0.621. The van der Waals surface area contributed by atoms with Crippen LogP contribution in [0.5, 0.6) is 0 Å². The monoisotopic (exact) mass is 561 g/mol. The molecule has 1 aliphatic rings. The van der Waals surface area contributed by atoms with E-state index in [4.69, 9.17) is 27.9 Å². The maximum absolute atomic E-state index is 13.1. The number of carbonyl (C=O) groups is 1. The van der Waals surface area contributed by atoms with Crippen molar-refractivity contribution < 1.29 is 17.9 Å². The van der Waals surface area contributed by atoms with Crippen LogP contribution in [0.25, 0.3) is 16.6 Å². The average Bonchev–Trinajstić information content (AvgIpc) is 3.52. The normalized spacial score (nSPS) is 13.6. The summed E-state index contributed by atoms with van der Waals surface area (Å²) in [5.74, 6) is -0.598. The van der Waals surface area contributed by atoms with Gasteiger partial charge in [-0.15, -0.1) is 11.3 Å². The number of aliphatic imine (C=N–C) groups is 1. The fourth-order valence-corrected chi connectivity index (χ4v) is 6.92. The van der Waals surface area contributed by atoms with Crippen molar-refractivity contribution in [1.29, 1.82) is 0 Å². The smallest absolute Gasteiger partial charge is 0.265 e. The van der Waals surface area contributed by atoms with Gasteiger partial charge in [-0.2, -0.15) is 0 Å². The van der Waals surface area contributed by atoms with E-state index in [1.807, 2.05) is 0 Å². The van der Waals surface area contributed by atoms with Crippen LogP contribution in [0.15, 0.2) is 68.9 Å². The van der Waals surface area contributed by atoms with E-state index in [1.54, 1.807) is 36.4 Å². The van der Waals surface area contributed by atoms with Gasteiger partial charge in [0.05, 0.1) is 32.5 Å². The van der Waals surface area contributed by atoms with Crippen LogP contribution in [0.1, 0.15) is 11.1 Å². The van der Waals surface area contributed by atoms with Gasteiger partial charge in [-0.1, -0.05) is 29.3 Å². The third-order valence-electron chi connectivity index (χ3n) is 5.47. The molecule has 2 aromatic carbocycles. The van der Waals surface area contributed by atoms with E-state index in [0.29, 0.717) is 45.5 Å². The Balaban J connectivity index is 1.37. The zero-order valence-corrected chi connectivity index (χ0v) is 21.6. The molecule has 0 unspecified atom stereocenters. The van der Waals surface area contributed by atoms with Crippen LogP contribution in [0.2, 0.25) is 9.36 Å². The standard InChI is InChI=1S/C24H17Cl2N3O5S2/c25-18-10-14(9-16(30)12-36(32,33)22-6-5-21(26)35-22)1-4-20(18)29-13-28-19-11-15(23-27-7-8-34-23)2-3-17(19)24(29)31/h1-6,10-11,13H,7-9,12H2. The lowest BCUT2D eigenvalue weighted by Crippen LogP contribution is -2.20. The Morgan fingerprint density at radius 3 is 2.64 bits per heavy atom. The number of ketones is 1. The van der Waals surface area contributed by atoms with Crippen molar-refractivity contribution in [2.24, 2.45) is 4.99 Å². The van der Waals surface area contributed by atoms with E-state index in [9.17, 15) is 18.0 Å². The number of Topliss-reactive ketones (excluding diaryl/α,β-unsaturated/α-hetero) is 1. The molecule has 0 fully saturated rings. The predicted molar refractivity (Wildman–Crippen MR) is 140 cm³/mol. The van der Waals surface area contributed by atoms with Gasteiger partial charge in [0.15, 0.2) is 15.6 Å². The van der Waals surface area contributed by atoms with Crippen LogP contribution in [0.4, 0.5) is 0 Å². The number of benzene rings is 2. The van der Waals surface area contributed by atoms with Gasteiger partial charge in [0.25, 0.3) is 5.56 Å². The molecular weight excluding hydrogens is 545 g/mol. The van der Waals surface area contributed by atoms with Crippen molar-refractivity contribution in [3.63, 3.8) is 0 Å². The number of hydrogen-bond acceptors (Lipinski definition) is 8. The summed E-state index contributed by atoms with van der Waals surface area (Å²) in [6.07, 6.45) is 1.26. The minimum absolute atomic E-state index is 0.0493. The van der Waals surface area contributed by atoms with Crippen LogP contribution >= 0.6 is 34.5 Å². The highest BCUT2D eigenvalue weighted by molar-refractivity contribution is 7.94. The Kier molecular flexibility index (Phi) is 6.69. The molecule has 0 amide bonds. The fraction of sp³-hybridized carbons (Fsp3) is 0.167. The van der Waals surface area contributed by atoms with E-state index >= 15 is 0 Å². The number of hydrogen-bond donors (Lipinski definition) is 0. The SMILES string of the molecule is O=C(Cc1ccc(-n2cnc3cc(C4=NCCO4)ccc3c2=O)c(Cl)c1)CS(=O)(=O)c1ccc(Cl)s1. The number of halogens is 2. The van der Waals surface area contributed by atoms with Crippen molar-refractivity contribution in [3.8, 4) is 5.69 Å². The van der Waals surface area contributed by atoms with Crippen molar-refractivity contribution in [2.75, 3.05) is 18.9 Å². The maximum Gasteiger partial charge on any atom is 0.265 e. The maximum atomic E-state index is 13.1. The molecule has 5 rings (SSSR count). The Bertz CT molecular complexity index is 1710. The molecule has 36 heavy (non-hydrogen) atoms. The molecule has 2 aromatic heterocycles. The van der Waals surface area contributed by atoms with Gasteiger partial charge in [-0.05, 0) is 48.0 Å². The van der Waals surface area contributed by atoms with Crippen LogP contribution in [-0.2, 0) is 25.8 Å². The van der Waals surface area contributed by atoms with E-state index in [-0.39, 0.29) is 21.2 Å². The number of ether oxygens (including phenoxy) is 1. The number of rotatable bonds is 7. The number of fused-ring (bicyclic) bond motifs is 1. The number of nitrogens with zero attached hydrogens (tertiary/aromatic N) is 3. The van der Waals surface area contributed by atoms with E-state index in [0.717, 1.165) is 16.9 Å². The third-order valence-corrected chi connectivity index (χ3v) is 9.26. The summed E-state index contributed by atoms with van der Waals surface area (Å²) in [5.41, 5.74) is 1.85. The molecule has 0 saturated heterocycles. The summed E-state index contributed by atoms with van der Waals surface area (Å²) >= 11 is 13.2. The molecule has 0 atom stereocenters. The van der Waals surface area contributed by atoms with Gasteiger partial charge >= 0.3 is 0 Å². The zero-order valence-electron chi connectivity index (χ0n) is 18.5. The van der Waals surface area contributed by atoms with E-state index < -0.39 is 21.4 Å². The summed E-state index contributed by atoms with van der Waals surface area (Å²) in [4.78, 5) is 34.3. The number of thiophene rings is 1. The van der Waals surface area contributed by atoms with Crippen molar-refractivity contribution >= 4 is 67.0 Å². The number of sulfone groups is 1. The molecular formula is C24H17Cl2N3O5S2. The summed E-state index contributed by atoms with van der Waals surface area (Å²) in [6.45, 7) is 1.13. The van der Waals surface area contributed by atoms with Crippen LogP contribution in [0.3, 0.4) is 0 Å². The molecule has 8 nitrogen and oxygen atoms in total. The van der Waals surface area contributed by atoms with E-state index in [1.165, 1.54) is 23.0 Å². The highest BCUT2D eigenvalue weighted by atomic mass is 35.5. The first-order chi connectivity index (χ1) is 17.2. The van der Waals surface area contributed by atoms with Gasteiger partial charge < -0.3 is 4.74 Å². The molecule has 1 aliphatic heterocycles. The van der Waals surface area contributed by atoms with Gasteiger partial charge in [0, 0.05) is 12.0 Å². The Labute approximate surface area is 219 Å². The summed E-state index contributed by atoms with van der Waals surface area (Å²) < 4.78 is 32.1. The Morgan fingerprint density at radius 2 is 1.94 bits per heavy atom. The van der Waals surface area contributed by atoms with Crippen LogP contribution in [0, 0.1) is 0 Å². The van der Waals surface area contributed by atoms with Gasteiger partial charge in [-0.3, -0.25) is 14.2 Å². The lowest BCUT2D eigenvalue weighted by atomic mass is 10.1. The number of carbonyl (C=O) groups excluding carboxylic acids is 1. The lowest BCUT2D eigenvalue weighted by molar-refractivity contribution is -0.116. The molecule has 12 heteroatoms. The van der Waals surface area contributed by atoms with Gasteiger partial charge in [0.2, 0.25) is 5.90 Å². The Hall–Kier alpha value is -3.05. The topological polar surface area (TPSA) is 108 Å². The van der Waals surface area contributed by atoms with Crippen molar-refractivity contribution in [1.82, 2.24) is 9.55 Å². The highest BCUT2D eigenvalue weighted by Crippen LogP contribution is 2.27. The average molecular weight is 562 g/mol. The van der Waals surface area contributed by atoms with Crippen LogP contribution < -0.4 is 5.56 Å². The quantitative estimate of drug-likeness (QED) is 0.336. The molecule has 4 aromatic rings. The summed E-state index contributed by atoms with van der Waals surface area (Å²) in [7, 11) is -3.77. The molecule has 0 radical (unpaired) electrons. The summed E-state index contributed by atoms with van der Waals surface area (Å²) in [6, 6.07) is 12.8. The molecule has 0 aliphatic carbocycles. The lowest BCUT2D eigenvalue weighted by Gasteiger charge is -2.11. The van der Waals surface area contributed by atoms with Crippen molar-refractivity contribution in [3.05, 3.63) is 85.7 Å². The fourth-order valence-electron chi connectivity index (χ4n) is 3.82. The molecule has 0 N–H and O–H groups in total. The Morgan fingerprint density at radius 1 is 1.11 bits per heavy atom.